The molecule has 3 rings (SSSR count). The second kappa shape index (κ2) is 8.28. The maximum Gasteiger partial charge on any atom is 0.232 e. The highest BCUT2D eigenvalue weighted by Crippen LogP contribution is 2.24. The molecule has 0 heterocycles. The molecule has 0 unspecified atom stereocenters. The van der Waals surface area contributed by atoms with Crippen molar-refractivity contribution in [2.75, 3.05) is 19.9 Å². The number of hydrogen-bond acceptors (Lipinski definition) is 3. The van der Waals surface area contributed by atoms with E-state index in [1.54, 1.807) is 23.8 Å². The lowest BCUT2D eigenvalue weighted by molar-refractivity contribution is -0.127. The van der Waals surface area contributed by atoms with E-state index in [0.717, 1.165) is 27.0 Å². The van der Waals surface area contributed by atoms with E-state index in [0.29, 0.717) is 12.3 Å². The first-order valence-corrected chi connectivity index (χ1v) is 9.54. The average molecular weight is 365 g/mol. The molecule has 4 heteroatoms. The normalized spacial score (nSPS) is 10.7. The van der Waals surface area contributed by atoms with Crippen LogP contribution in [0, 0.1) is 6.92 Å². The molecule has 3 nitrogen and oxygen atoms in total. The summed E-state index contributed by atoms with van der Waals surface area (Å²) < 4.78 is 5.27. The molecule has 0 bridgehead atoms. The second-order valence-electron chi connectivity index (χ2n) is 6.35. The number of aryl methyl sites for hydroxylation is 1. The molecule has 3 aromatic carbocycles. The maximum absolute atomic E-state index is 12.5. The molecule has 0 radical (unpaired) electrons. The molecule has 0 saturated carbocycles. The van der Waals surface area contributed by atoms with E-state index in [4.69, 9.17) is 4.74 Å². The predicted molar refractivity (Wildman–Crippen MR) is 109 cm³/mol. The van der Waals surface area contributed by atoms with Crippen LogP contribution in [0.1, 0.15) is 11.1 Å². The summed E-state index contributed by atoms with van der Waals surface area (Å²) in [6.07, 6.45) is 0. The smallest absolute Gasteiger partial charge is 0.232 e. The Morgan fingerprint density at radius 1 is 1.04 bits per heavy atom. The van der Waals surface area contributed by atoms with Crippen molar-refractivity contribution in [3.05, 3.63) is 71.8 Å². The highest BCUT2D eigenvalue weighted by molar-refractivity contribution is 8.00. The zero-order valence-electron chi connectivity index (χ0n) is 15.4. The van der Waals surface area contributed by atoms with Gasteiger partial charge in [-0.3, -0.25) is 4.79 Å². The number of ether oxygens (including phenoxy) is 1. The minimum atomic E-state index is 0.132. The SMILES string of the molecule is COc1ccc2cc(CN(C)C(=O)CSc3ccccc3C)ccc2c1. The van der Waals surface area contributed by atoms with Gasteiger partial charge in [-0.25, -0.2) is 0 Å². The Morgan fingerprint density at radius 3 is 2.54 bits per heavy atom. The Bertz CT molecular complexity index is 923. The van der Waals surface area contributed by atoms with Crippen molar-refractivity contribution in [1.82, 2.24) is 4.90 Å². The first kappa shape index (κ1) is 18.3. The molecule has 0 aliphatic carbocycles. The summed E-state index contributed by atoms with van der Waals surface area (Å²) in [4.78, 5) is 15.4. The molecule has 0 spiro atoms. The summed E-state index contributed by atoms with van der Waals surface area (Å²) >= 11 is 1.60. The third kappa shape index (κ3) is 4.38. The number of nitrogens with zero attached hydrogens (tertiary/aromatic N) is 1. The number of benzene rings is 3. The van der Waals surface area contributed by atoms with Crippen LogP contribution in [0.4, 0.5) is 0 Å². The Kier molecular flexibility index (Phi) is 5.84. The van der Waals surface area contributed by atoms with Crippen LogP contribution in [0.2, 0.25) is 0 Å². The van der Waals surface area contributed by atoms with Gasteiger partial charge in [-0.15, -0.1) is 11.8 Å². The fourth-order valence-electron chi connectivity index (χ4n) is 2.83. The largest absolute Gasteiger partial charge is 0.497 e. The number of rotatable bonds is 6. The van der Waals surface area contributed by atoms with Gasteiger partial charge in [0.25, 0.3) is 0 Å². The zero-order valence-corrected chi connectivity index (χ0v) is 16.2. The first-order chi connectivity index (χ1) is 12.6. The van der Waals surface area contributed by atoms with Crippen LogP contribution in [0.5, 0.6) is 5.75 Å². The van der Waals surface area contributed by atoms with E-state index in [9.17, 15) is 4.79 Å². The van der Waals surface area contributed by atoms with Crippen molar-refractivity contribution < 1.29 is 9.53 Å². The number of fused-ring (bicyclic) bond motifs is 1. The summed E-state index contributed by atoms with van der Waals surface area (Å²) in [5.41, 5.74) is 2.33. The van der Waals surface area contributed by atoms with Crippen molar-refractivity contribution in [2.24, 2.45) is 0 Å². The fourth-order valence-corrected chi connectivity index (χ4v) is 3.80. The summed E-state index contributed by atoms with van der Waals surface area (Å²) in [5.74, 6) is 1.44. The van der Waals surface area contributed by atoms with Crippen LogP contribution < -0.4 is 4.74 Å². The number of carbonyl (C=O) groups excluding carboxylic acids is 1. The van der Waals surface area contributed by atoms with Crippen molar-refractivity contribution in [3.63, 3.8) is 0 Å². The van der Waals surface area contributed by atoms with Gasteiger partial charge in [0.05, 0.1) is 12.9 Å². The van der Waals surface area contributed by atoms with Gasteiger partial charge in [0.2, 0.25) is 5.91 Å². The summed E-state index contributed by atoms with van der Waals surface area (Å²) in [6.45, 7) is 2.68. The summed E-state index contributed by atoms with van der Waals surface area (Å²) in [6, 6.07) is 20.5. The maximum atomic E-state index is 12.5. The van der Waals surface area contributed by atoms with Gasteiger partial charge in [0, 0.05) is 18.5 Å². The second-order valence-corrected chi connectivity index (χ2v) is 7.37. The average Bonchev–Trinajstić information content (AvgIpc) is 2.66. The number of hydrogen-bond donors (Lipinski definition) is 0. The Labute approximate surface area is 159 Å². The van der Waals surface area contributed by atoms with Crippen molar-refractivity contribution >= 4 is 28.4 Å². The van der Waals surface area contributed by atoms with E-state index in [1.807, 2.05) is 37.4 Å². The summed E-state index contributed by atoms with van der Waals surface area (Å²) in [5, 5.41) is 2.29. The standard InChI is InChI=1S/C22H23NO2S/c1-16-6-4-5-7-21(16)26-15-22(24)23(2)14-17-8-9-19-13-20(25-3)11-10-18(19)12-17/h4-13H,14-15H2,1-3H3. The zero-order chi connectivity index (χ0) is 18.5. The number of thioether (sulfide) groups is 1. The van der Waals surface area contributed by atoms with E-state index in [2.05, 4.69) is 37.3 Å². The Morgan fingerprint density at radius 2 is 1.77 bits per heavy atom. The molecule has 0 aliphatic rings. The van der Waals surface area contributed by atoms with E-state index in [1.165, 1.54) is 5.56 Å². The van der Waals surface area contributed by atoms with Gasteiger partial charge in [0.15, 0.2) is 0 Å². The lowest BCUT2D eigenvalue weighted by Gasteiger charge is -2.18. The minimum Gasteiger partial charge on any atom is -0.497 e. The van der Waals surface area contributed by atoms with E-state index >= 15 is 0 Å². The van der Waals surface area contributed by atoms with E-state index < -0.39 is 0 Å². The quantitative estimate of drug-likeness (QED) is 0.582. The van der Waals surface area contributed by atoms with Gasteiger partial charge in [0.1, 0.15) is 5.75 Å². The third-order valence-corrected chi connectivity index (χ3v) is 5.56. The molecule has 0 aromatic heterocycles. The molecular formula is C22H23NO2S. The third-order valence-electron chi connectivity index (χ3n) is 4.40. The van der Waals surface area contributed by atoms with Gasteiger partial charge >= 0.3 is 0 Å². The Hall–Kier alpha value is -2.46. The molecule has 0 fully saturated rings. The topological polar surface area (TPSA) is 29.5 Å². The van der Waals surface area contributed by atoms with Gasteiger partial charge in [-0.05, 0) is 53.1 Å². The monoisotopic (exact) mass is 365 g/mol. The van der Waals surface area contributed by atoms with Gasteiger partial charge in [-0.1, -0.05) is 36.4 Å². The van der Waals surface area contributed by atoms with Gasteiger partial charge in [-0.2, -0.15) is 0 Å². The highest BCUT2D eigenvalue weighted by Gasteiger charge is 2.11. The molecule has 26 heavy (non-hydrogen) atoms. The van der Waals surface area contributed by atoms with Gasteiger partial charge < -0.3 is 9.64 Å². The number of carbonyl (C=O) groups is 1. The van der Waals surface area contributed by atoms with E-state index in [-0.39, 0.29) is 5.91 Å². The van der Waals surface area contributed by atoms with Crippen LogP contribution >= 0.6 is 11.8 Å². The lowest BCUT2D eigenvalue weighted by atomic mass is 10.1. The fraction of sp³-hybridized carbons (Fsp3) is 0.227. The Balaban J connectivity index is 1.63. The molecule has 0 aliphatic heterocycles. The molecule has 1 amide bonds. The molecule has 0 atom stereocenters. The molecule has 0 saturated heterocycles. The lowest BCUT2D eigenvalue weighted by Crippen LogP contribution is -2.27. The molecule has 134 valence electrons. The molecule has 3 aromatic rings. The predicted octanol–water partition coefficient (Wildman–Crippen LogP) is 4.91. The highest BCUT2D eigenvalue weighted by atomic mass is 32.2. The van der Waals surface area contributed by atoms with Crippen LogP contribution in [0.25, 0.3) is 10.8 Å². The minimum absolute atomic E-state index is 0.132. The van der Waals surface area contributed by atoms with Crippen LogP contribution in [-0.4, -0.2) is 30.7 Å². The van der Waals surface area contributed by atoms with Crippen molar-refractivity contribution in [3.8, 4) is 5.75 Å². The van der Waals surface area contributed by atoms with Crippen molar-refractivity contribution in [1.29, 1.82) is 0 Å². The summed E-state index contributed by atoms with van der Waals surface area (Å²) in [7, 11) is 3.53. The molecular weight excluding hydrogens is 342 g/mol. The van der Waals surface area contributed by atoms with Crippen molar-refractivity contribution in [2.45, 2.75) is 18.4 Å². The molecule has 0 N–H and O–H groups in total. The van der Waals surface area contributed by atoms with Crippen LogP contribution in [0.15, 0.2) is 65.6 Å². The van der Waals surface area contributed by atoms with Crippen LogP contribution in [0.3, 0.4) is 0 Å². The van der Waals surface area contributed by atoms with Crippen LogP contribution in [-0.2, 0) is 11.3 Å². The number of methoxy groups -OCH3 is 1. The number of amides is 1. The first-order valence-electron chi connectivity index (χ1n) is 8.56.